The van der Waals surface area contributed by atoms with E-state index in [0.717, 1.165) is 48.0 Å². The van der Waals surface area contributed by atoms with Crippen LogP contribution < -0.4 is 15.5 Å². The molecule has 0 unspecified atom stereocenters. The first-order chi connectivity index (χ1) is 15.0. The first-order valence-corrected chi connectivity index (χ1v) is 11.0. The van der Waals surface area contributed by atoms with Gasteiger partial charge in [-0.2, -0.15) is 4.98 Å². The van der Waals surface area contributed by atoms with E-state index in [0.29, 0.717) is 12.5 Å². The van der Waals surface area contributed by atoms with Crippen molar-refractivity contribution >= 4 is 28.6 Å². The van der Waals surface area contributed by atoms with Crippen molar-refractivity contribution in [3.8, 4) is 0 Å². The molecule has 1 heterocycles. The number of aryl methyl sites for hydroxylation is 1. The quantitative estimate of drug-likeness (QED) is 0.626. The second-order valence-corrected chi connectivity index (χ2v) is 8.68. The van der Waals surface area contributed by atoms with E-state index < -0.39 is 0 Å². The van der Waals surface area contributed by atoms with Gasteiger partial charge in [0.1, 0.15) is 5.82 Å². The number of hydrogen-bond acceptors (Lipinski definition) is 5. The topological polar surface area (TPSA) is 70.2 Å². The molecule has 1 aliphatic carbocycles. The van der Waals surface area contributed by atoms with E-state index in [1.54, 1.807) is 0 Å². The fourth-order valence-electron chi connectivity index (χ4n) is 4.19. The van der Waals surface area contributed by atoms with Gasteiger partial charge in [-0.25, -0.2) is 4.98 Å². The molecule has 2 aromatic carbocycles. The van der Waals surface area contributed by atoms with Crippen LogP contribution in [0.2, 0.25) is 0 Å². The van der Waals surface area contributed by atoms with E-state index >= 15 is 0 Å². The largest absolute Gasteiger partial charge is 0.362 e. The summed E-state index contributed by atoms with van der Waals surface area (Å²) >= 11 is 0. The van der Waals surface area contributed by atoms with Crippen molar-refractivity contribution in [2.24, 2.45) is 5.92 Å². The van der Waals surface area contributed by atoms with E-state index in [-0.39, 0.29) is 17.9 Å². The lowest BCUT2D eigenvalue weighted by atomic mass is 9.85. The molecule has 162 valence electrons. The number of anilines is 2. The van der Waals surface area contributed by atoms with Crippen molar-refractivity contribution in [3.63, 3.8) is 0 Å². The first kappa shape index (κ1) is 21.1. The predicted molar refractivity (Wildman–Crippen MR) is 126 cm³/mol. The van der Waals surface area contributed by atoms with Crippen LogP contribution in [0, 0.1) is 12.8 Å². The lowest BCUT2D eigenvalue weighted by Crippen LogP contribution is -2.35. The number of amides is 1. The minimum Gasteiger partial charge on any atom is -0.362 e. The number of rotatable bonds is 6. The Kier molecular flexibility index (Phi) is 6.35. The van der Waals surface area contributed by atoms with E-state index in [1.165, 1.54) is 5.56 Å². The lowest BCUT2D eigenvalue weighted by molar-refractivity contribution is -0.126. The fraction of sp³-hybridized carbons (Fsp3) is 0.400. The number of carbonyl (C=O) groups is 1. The maximum Gasteiger partial charge on any atom is 0.225 e. The van der Waals surface area contributed by atoms with Crippen molar-refractivity contribution < 1.29 is 4.79 Å². The smallest absolute Gasteiger partial charge is 0.225 e. The number of carbonyl (C=O) groups excluding carboxylic acids is 1. The maximum absolute atomic E-state index is 12.6. The Bertz CT molecular complexity index is 1040. The summed E-state index contributed by atoms with van der Waals surface area (Å²) in [6, 6.07) is 16.7. The Morgan fingerprint density at radius 2 is 1.71 bits per heavy atom. The van der Waals surface area contributed by atoms with Crippen molar-refractivity contribution in [1.82, 2.24) is 15.3 Å². The standard InChI is InChI=1S/C25H31N5O/c1-17-8-10-18(11-9-17)16-26-24(31)19-12-14-20(15-13-19)27-25-28-22-7-5-4-6-21(22)23(29-25)30(2)3/h4-11,19-20H,12-16H2,1-3H3,(H,26,31)(H,27,28,29). The Hall–Kier alpha value is -3.15. The molecule has 0 aliphatic heterocycles. The van der Waals surface area contributed by atoms with E-state index in [9.17, 15) is 4.79 Å². The highest BCUT2D eigenvalue weighted by Gasteiger charge is 2.26. The van der Waals surface area contributed by atoms with Crippen LogP contribution in [0.25, 0.3) is 10.9 Å². The number of fused-ring (bicyclic) bond motifs is 1. The van der Waals surface area contributed by atoms with Gasteiger partial charge in [-0.1, -0.05) is 42.0 Å². The highest BCUT2D eigenvalue weighted by Crippen LogP contribution is 2.28. The third-order valence-corrected chi connectivity index (χ3v) is 6.03. The molecule has 0 radical (unpaired) electrons. The minimum atomic E-state index is 0.0818. The van der Waals surface area contributed by atoms with Gasteiger partial charge in [0.05, 0.1) is 5.52 Å². The van der Waals surface area contributed by atoms with Crippen molar-refractivity contribution in [2.75, 3.05) is 24.3 Å². The Morgan fingerprint density at radius 1 is 1.00 bits per heavy atom. The zero-order valence-electron chi connectivity index (χ0n) is 18.6. The second kappa shape index (κ2) is 9.33. The number of para-hydroxylation sites is 1. The summed E-state index contributed by atoms with van der Waals surface area (Å²) < 4.78 is 0. The van der Waals surface area contributed by atoms with Crippen LogP contribution in [-0.2, 0) is 11.3 Å². The molecule has 1 aliphatic rings. The van der Waals surface area contributed by atoms with Gasteiger partial charge in [-0.05, 0) is 50.3 Å². The lowest BCUT2D eigenvalue weighted by Gasteiger charge is -2.28. The van der Waals surface area contributed by atoms with E-state index in [1.807, 2.05) is 37.2 Å². The molecule has 2 N–H and O–H groups in total. The van der Waals surface area contributed by atoms with Crippen LogP contribution in [0.3, 0.4) is 0 Å². The van der Waals surface area contributed by atoms with Gasteiger partial charge < -0.3 is 15.5 Å². The summed E-state index contributed by atoms with van der Waals surface area (Å²) in [6.45, 7) is 2.66. The van der Waals surface area contributed by atoms with Gasteiger partial charge in [0.25, 0.3) is 0 Å². The maximum atomic E-state index is 12.6. The number of hydrogen-bond donors (Lipinski definition) is 2. The first-order valence-electron chi connectivity index (χ1n) is 11.0. The zero-order chi connectivity index (χ0) is 21.8. The van der Waals surface area contributed by atoms with Crippen molar-refractivity contribution in [3.05, 3.63) is 59.7 Å². The van der Waals surface area contributed by atoms with Crippen LogP contribution in [0.4, 0.5) is 11.8 Å². The molecule has 0 bridgehead atoms. The molecule has 4 rings (SSSR count). The fourth-order valence-corrected chi connectivity index (χ4v) is 4.19. The van der Waals surface area contributed by atoms with E-state index in [4.69, 9.17) is 9.97 Å². The molecule has 31 heavy (non-hydrogen) atoms. The molecular weight excluding hydrogens is 386 g/mol. The molecule has 1 saturated carbocycles. The summed E-state index contributed by atoms with van der Waals surface area (Å²) in [5.41, 5.74) is 3.31. The zero-order valence-corrected chi connectivity index (χ0v) is 18.6. The van der Waals surface area contributed by atoms with Gasteiger partial charge in [-0.15, -0.1) is 0 Å². The van der Waals surface area contributed by atoms with Crippen LogP contribution in [0.15, 0.2) is 48.5 Å². The highest BCUT2D eigenvalue weighted by molar-refractivity contribution is 5.90. The van der Waals surface area contributed by atoms with Gasteiger partial charge in [0.2, 0.25) is 11.9 Å². The van der Waals surface area contributed by atoms with Crippen LogP contribution in [-0.4, -0.2) is 36.0 Å². The SMILES string of the molecule is Cc1ccc(CNC(=O)C2CCC(Nc3nc(N(C)C)c4ccccc4n3)CC2)cc1. The normalized spacial score (nSPS) is 18.5. The third-order valence-electron chi connectivity index (χ3n) is 6.03. The molecule has 1 aromatic heterocycles. The molecule has 0 atom stereocenters. The predicted octanol–water partition coefficient (Wildman–Crippen LogP) is 4.29. The van der Waals surface area contributed by atoms with Crippen LogP contribution in [0.1, 0.15) is 36.8 Å². The van der Waals surface area contributed by atoms with Gasteiger partial charge in [0.15, 0.2) is 0 Å². The number of nitrogens with one attached hydrogen (secondary N) is 2. The summed E-state index contributed by atoms with van der Waals surface area (Å²) in [5, 5.41) is 7.66. The Labute approximate surface area is 184 Å². The third kappa shape index (κ3) is 5.13. The van der Waals surface area contributed by atoms with Gasteiger partial charge >= 0.3 is 0 Å². The molecular formula is C25H31N5O. The summed E-state index contributed by atoms with van der Waals surface area (Å²) in [7, 11) is 4.00. The van der Waals surface area contributed by atoms with Gasteiger partial charge in [0, 0.05) is 38.0 Å². The molecule has 1 fully saturated rings. The van der Waals surface area contributed by atoms with Gasteiger partial charge in [-0.3, -0.25) is 4.79 Å². The van der Waals surface area contributed by atoms with Crippen molar-refractivity contribution in [2.45, 2.75) is 45.2 Å². The van der Waals surface area contributed by atoms with Crippen LogP contribution >= 0.6 is 0 Å². The second-order valence-electron chi connectivity index (χ2n) is 8.68. The number of benzene rings is 2. The molecule has 0 spiro atoms. The molecule has 1 amide bonds. The molecule has 6 heteroatoms. The minimum absolute atomic E-state index is 0.0818. The highest BCUT2D eigenvalue weighted by atomic mass is 16.1. The van der Waals surface area contributed by atoms with Crippen LogP contribution in [0.5, 0.6) is 0 Å². The van der Waals surface area contributed by atoms with Crippen molar-refractivity contribution in [1.29, 1.82) is 0 Å². The summed E-state index contributed by atoms with van der Waals surface area (Å²) in [5.74, 6) is 1.82. The average Bonchev–Trinajstić information content (AvgIpc) is 2.78. The Balaban J connectivity index is 1.33. The monoisotopic (exact) mass is 417 g/mol. The molecule has 0 saturated heterocycles. The number of nitrogens with zero attached hydrogens (tertiary/aromatic N) is 3. The number of aromatic nitrogens is 2. The molecule has 3 aromatic rings. The summed E-state index contributed by atoms with van der Waals surface area (Å²) in [4.78, 5) is 24.1. The Morgan fingerprint density at radius 3 is 2.42 bits per heavy atom. The average molecular weight is 418 g/mol. The van der Waals surface area contributed by atoms with E-state index in [2.05, 4.69) is 47.9 Å². The molecule has 6 nitrogen and oxygen atoms in total. The summed E-state index contributed by atoms with van der Waals surface area (Å²) in [6.07, 6.45) is 3.64.